The van der Waals surface area contributed by atoms with E-state index in [0.29, 0.717) is 50.5 Å². The second-order valence-electron chi connectivity index (χ2n) is 9.03. The molecule has 3 aliphatic carbocycles. The molecule has 31 heavy (non-hydrogen) atoms. The van der Waals surface area contributed by atoms with Gasteiger partial charge in [-0.3, -0.25) is 9.59 Å². The maximum Gasteiger partial charge on any atom is 0.409 e. The summed E-state index contributed by atoms with van der Waals surface area (Å²) in [6, 6.07) is 7.35. The van der Waals surface area contributed by atoms with E-state index >= 15 is 0 Å². The summed E-state index contributed by atoms with van der Waals surface area (Å²) in [6.07, 6.45) is 3.01. The number of rotatable bonds is 2. The van der Waals surface area contributed by atoms with Crippen LogP contribution in [-0.2, 0) is 9.53 Å². The third-order valence-electron chi connectivity index (χ3n) is 7.40. The molecule has 2 bridgehead atoms. The lowest BCUT2D eigenvalue weighted by Gasteiger charge is -2.55. The molecular formula is C23H29N3O5. The Kier molecular flexibility index (Phi) is 5.02. The van der Waals surface area contributed by atoms with Crippen molar-refractivity contribution in [1.82, 2.24) is 15.1 Å². The standard InChI is InChI=1S/C23H29N3O5/c1-2-30-22(29)26-11-9-25(10-12-26)21(28)18-13-16-8-7-15(18)14-23(16)24-20(27)17-5-3-4-6-19(17)31-23/h3-6,15-16,18H,2,7-14H2,1H3,(H,24,27)/t15-,16+,18+,23+/m0/s1. The van der Waals surface area contributed by atoms with E-state index in [9.17, 15) is 14.4 Å². The van der Waals surface area contributed by atoms with E-state index in [-0.39, 0.29) is 35.7 Å². The average molecular weight is 428 g/mol. The molecule has 2 aliphatic heterocycles. The molecule has 0 aromatic heterocycles. The van der Waals surface area contributed by atoms with Crippen LogP contribution in [0.2, 0.25) is 0 Å². The molecule has 0 unspecified atom stereocenters. The van der Waals surface area contributed by atoms with E-state index in [1.807, 2.05) is 23.1 Å². The summed E-state index contributed by atoms with van der Waals surface area (Å²) in [4.78, 5) is 41.5. The first-order valence-corrected chi connectivity index (χ1v) is 11.3. The second-order valence-corrected chi connectivity index (χ2v) is 9.03. The smallest absolute Gasteiger partial charge is 0.409 e. The van der Waals surface area contributed by atoms with Gasteiger partial charge in [-0.2, -0.15) is 0 Å². The lowest BCUT2D eigenvalue weighted by molar-refractivity contribution is -0.156. The highest BCUT2D eigenvalue weighted by Gasteiger charge is 2.57. The van der Waals surface area contributed by atoms with Gasteiger partial charge >= 0.3 is 6.09 Å². The molecule has 4 atom stereocenters. The largest absolute Gasteiger partial charge is 0.467 e. The number of para-hydroxylation sites is 1. The third-order valence-corrected chi connectivity index (χ3v) is 7.40. The van der Waals surface area contributed by atoms with Crippen molar-refractivity contribution in [3.63, 3.8) is 0 Å². The molecule has 3 amide bonds. The number of carbonyl (C=O) groups excluding carboxylic acids is 3. The Bertz CT molecular complexity index is 897. The fourth-order valence-electron chi connectivity index (χ4n) is 5.82. The molecular weight excluding hydrogens is 398 g/mol. The van der Waals surface area contributed by atoms with Gasteiger partial charge in [-0.25, -0.2) is 4.79 Å². The number of carbonyl (C=O) groups is 3. The number of hydrogen-bond acceptors (Lipinski definition) is 5. The minimum Gasteiger partial charge on any atom is -0.467 e. The Labute approximate surface area is 181 Å². The molecule has 166 valence electrons. The van der Waals surface area contributed by atoms with Crippen LogP contribution in [0, 0.1) is 17.8 Å². The summed E-state index contributed by atoms with van der Waals surface area (Å²) in [6.45, 7) is 4.23. The first-order valence-electron chi connectivity index (χ1n) is 11.3. The number of fused-ring (bicyclic) bond motifs is 3. The molecule has 6 rings (SSSR count). The Morgan fingerprint density at radius 3 is 2.61 bits per heavy atom. The van der Waals surface area contributed by atoms with Gasteiger partial charge < -0.3 is 24.6 Å². The van der Waals surface area contributed by atoms with Crippen LogP contribution in [-0.4, -0.2) is 66.2 Å². The van der Waals surface area contributed by atoms with Crippen LogP contribution in [0.25, 0.3) is 0 Å². The Balaban J connectivity index is 1.25. The summed E-state index contributed by atoms with van der Waals surface area (Å²) >= 11 is 0. The van der Waals surface area contributed by atoms with Gasteiger partial charge in [0, 0.05) is 44.4 Å². The molecule has 1 N–H and O–H groups in total. The fraction of sp³-hybridized carbons (Fsp3) is 0.609. The van der Waals surface area contributed by atoms with E-state index in [1.54, 1.807) is 17.9 Å². The summed E-state index contributed by atoms with van der Waals surface area (Å²) in [5.41, 5.74) is -0.130. The molecule has 0 radical (unpaired) electrons. The Hall–Kier alpha value is -2.77. The van der Waals surface area contributed by atoms with Crippen LogP contribution in [0.4, 0.5) is 4.79 Å². The van der Waals surface area contributed by atoms with E-state index in [2.05, 4.69) is 5.32 Å². The van der Waals surface area contributed by atoms with E-state index < -0.39 is 5.72 Å². The highest BCUT2D eigenvalue weighted by molar-refractivity contribution is 5.98. The molecule has 3 saturated carbocycles. The normalized spacial score (nSPS) is 31.6. The van der Waals surface area contributed by atoms with Crippen molar-refractivity contribution in [3.05, 3.63) is 29.8 Å². The molecule has 2 heterocycles. The number of hydrogen-bond donors (Lipinski definition) is 1. The number of benzene rings is 1. The predicted octanol–water partition coefficient (Wildman–Crippen LogP) is 2.24. The molecule has 1 aromatic carbocycles. The van der Waals surface area contributed by atoms with Crippen LogP contribution in [0.5, 0.6) is 5.75 Å². The summed E-state index contributed by atoms with van der Waals surface area (Å²) in [5, 5.41) is 3.14. The van der Waals surface area contributed by atoms with Crippen molar-refractivity contribution in [2.24, 2.45) is 17.8 Å². The second kappa shape index (κ2) is 7.73. The molecule has 4 fully saturated rings. The number of piperazine rings is 1. The minimum atomic E-state index is -0.701. The van der Waals surface area contributed by atoms with E-state index in [0.717, 1.165) is 19.3 Å². The first kappa shape index (κ1) is 20.2. The van der Waals surface area contributed by atoms with E-state index in [1.165, 1.54) is 0 Å². The number of nitrogens with zero attached hydrogens (tertiary/aromatic N) is 2. The monoisotopic (exact) mass is 427 g/mol. The van der Waals surface area contributed by atoms with Crippen molar-refractivity contribution >= 4 is 17.9 Å². The zero-order valence-corrected chi connectivity index (χ0v) is 17.8. The van der Waals surface area contributed by atoms with Crippen molar-refractivity contribution < 1.29 is 23.9 Å². The average Bonchev–Trinajstić information content (AvgIpc) is 2.79. The van der Waals surface area contributed by atoms with Crippen LogP contribution < -0.4 is 10.1 Å². The topological polar surface area (TPSA) is 88.2 Å². The number of nitrogens with one attached hydrogen (secondary N) is 1. The maximum absolute atomic E-state index is 13.3. The van der Waals surface area contributed by atoms with Crippen LogP contribution in [0.1, 0.15) is 43.0 Å². The number of amides is 3. The van der Waals surface area contributed by atoms with Gasteiger partial charge in [0.05, 0.1) is 12.2 Å². The predicted molar refractivity (Wildman–Crippen MR) is 111 cm³/mol. The van der Waals surface area contributed by atoms with Gasteiger partial charge in [-0.05, 0) is 44.2 Å². The lowest BCUT2D eigenvalue weighted by Crippen LogP contribution is -2.67. The highest BCUT2D eigenvalue weighted by atomic mass is 16.6. The van der Waals surface area contributed by atoms with E-state index in [4.69, 9.17) is 9.47 Å². The van der Waals surface area contributed by atoms with Crippen LogP contribution in [0.15, 0.2) is 24.3 Å². The van der Waals surface area contributed by atoms with Crippen LogP contribution >= 0.6 is 0 Å². The highest BCUT2D eigenvalue weighted by Crippen LogP contribution is 2.52. The summed E-state index contributed by atoms with van der Waals surface area (Å²) in [7, 11) is 0. The molecule has 8 heteroatoms. The molecule has 5 aliphatic rings. The summed E-state index contributed by atoms with van der Waals surface area (Å²) in [5.74, 6) is 0.978. The van der Waals surface area contributed by atoms with Gasteiger partial charge in [-0.1, -0.05) is 12.1 Å². The zero-order chi connectivity index (χ0) is 21.6. The quantitative estimate of drug-likeness (QED) is 0.782. The van der Waals surface area contributed by atoms with Gasteiger partial charge in [-0.15, -0.1) is 0 Å². The lowest BCUT2D eigenvalue weighted by atomic mass is 9.59. The Morgan fingerprint density at radius 2 is 1.90 bits per heavy atom. The Morgan fingerprint density at radius 1 is 1.16 bits per heavy atom. The minimum absolute atomic E-state index is 0.0452. The third kappa shape index (κ3) is 3.42. The van der Waals surface area contributed by atoms with Gasteiger partial charge in [0.25, 0.3) is 5.91 Å². The fourth-order valence-corrected chi connectivity index (χ4v) is 5.82. The van der Waals surface area contributed by atoms with Crippen molar-refractivity contribution in [1.29, 1.82) is 0 Å². The molecule has 1 aromatic rings. The van der Waals surface area contributed by atoms with Crippen molar-refractivity contribution in [2.75, 3.05) is 32.8 Å². The molecule has 1 saturated heterocycles. The van der Waals surface area contributed by atoms with Gasteiger partial charge in [0.15, 0.2) is 5.72 Å². The number of ether oxygens (including phenoxy) is 2. The van der Waals surface area contributed by atoms with Crippen molar-refractivity contribution in [3.8, 4) is 5.75 Å². The first-order chi connectivity index (χ1) is 15.0. The van der Waals surface area contributed by atoms with Crippen molar-refractivity contribution in [2.45, 2.75) is 38.3 Å². The van der Waals surface area contributed by atoms with Crippen LogP contribution in [0.3, 0.4) is 0 Å². The van der Waals surface area contributed by atoms with Gasteiger partial charge in [0.1, 0.15) is 5.75 Å². The molecule has 8 nitrogen and oxygen atoms in total. The summed E-state index contributed by atoms with van der Waals surface area (Å²) < 4.78 is 11.5. The SMILES string of the molecule is CCOC(=O)N1CCN(C(=O)[C@@H]2C[C@H]3CC[C@H]2C[C@]32NC(=O)c3ccccc3O2)CC1. The molecule has 1 spiro atoms. The zero-order valence-electron chi connectivity index (χ0n) is 17.8. The maximum atomic E-state index is 13.3. The van der Waals surface area contributed by atoms with Gasteiger partial charge in [0.2, 0.25) is 5.91 Å².